The van der Waals surface area contributed by atoms with Crippen molar-refractivity contribution in [1.82, 2.24) is 9.78 Å². The zero-order valence-electron chi connectivity index (χ0n) is 18.3. The number of carbonyl (C=O) groups excluding carboxylic acids is 1. The van der Waals surface area contributed by atoms with Crippen molar-refractivity contribution in [1.29, 1.82) is 0 Å². The summed E-state index contributed by atoms with van der Waals surface area (Å²) in [7, 11) is 0. The lowest BCUT2D eigenvalue weighted by Crippen LogP contribution is -2.21. The predicted molar refractivity (Wildman–Crippen MR) is 115 cm³/mol. The van der Waals surface area contributed by atoms with Gasteiger partial charge in [-0.2, -0.15) is 5.10 Å². The Morgan fingerprint density at radius 1 is 1.07 bits per heavy atom. The molecule has 1 unspecified atom stereocenters. The van der Waals surface area contributed by atoms with Gasteiger partial charge < -0.3 is 4.74 Å². The zero-order chi connectivity index (χ0) is 20.5. The summed E-state index contributed by atoms with van der Waals surface area (Å²) < 4.78 is 7.23. The average molecular weight is 385 g/mol. The van der Waals surface area contributed by atoms with Gasteiger partial charge in [0.25, 0.3) is 5.91 Å². The number of ether oxygens (including phenoxy) is 1. The third kappa shape index (κ3) is 5.95. The van der Waals surface area contributed by atoms with Gasteiger partial charge in [0.15, 0.2) is 6.61 Å². The van der Waals surface area contributed by atoms with Crippen molar-refractivity contribution >= 4 is 5.91 Å². The molecular weight excluding hydrogens is 348 g/mol. The van der Waals surface area contributed by atoms with Crippen LogP contribution in [0.1, 0.15) is 92.5 Å². The van der Waals surface area contributed by atoms with E-state index in [4.69, 9.17) is 4.74 Å². The first-order valence-electron chi connectivity index (χ1n) is 10.8. The summed E-state index contributed by atoms with van der Waals surface area (Å²) in [6.07, 6.45) is 8.33. The summed E-state index contributed by atoms with van der Waals surface area (Å²) >= 11 is 0. The van der Waals surface area contributed by atoms with Gasteiger partial charge in [0, 0.05) is 5.69 Å². The third-order valence-corrected chi connectivity index (χ3v) is 5.63. The summed E-state index contributed by atoms with van der Waals surface area (Å²) in [4.78, 5) is 12.6. The lowest BCUT2D eigenvalue weighted by atomic mass is 9.99. The number of aromatic nitrogens is 2. The smallest absolute Gasteiger partial charge is 0.284 e. The molecule has 0 fully saturated rings. The van der Waals surface area contributed by atoms with Gasteiger partial charge in [-0.3, -0.25) is 4.79 Å². The topological polar surface area (TPSA) is 44.1 Å². The summed E-state index contributed by atoms with van der Waals surface area (Å²) in [5.74, 6) is 1.13. The van der Waals surface area contributed by atoms with Crippen LogP contribution < -0.4 is 4.74 Å². The maximum Gasteiger partial charge on any atom is 0.284 e. The molecule has 1 aromatic carbocycles. The zero-order valence-corrected chi connectivity index (χ0v) is 18.3. The van der Waals surface area contributed by atoms with Crippen LogP contribution in [-0.4, -0.2) is 22.3 Å². The number of hydrogen-bond donors (Lipinski definition) is 0. The van der Waals surface area contributed by atoms with Crippen LogP contribution in [0.4, 0.5) is 0 Å². The number of unbranched alkanes of at least 4 members (excludes halogenated alkanes) is 4. The predicted octanol–water partition coefficient (Wildman–Crippen LogP) is 6.25. The fourth-order valence-corrected chi connectivity index (χ4v) is 3.52. The molecule has 1 heterocycles. The second-order valence-electron chi connectivity index (χ2n) is 7.79. The SMILES string of the molecule is CCCCCCCc1c(C)nn(C(=O)COc2ccc(C(C)CC)cc2)c1C. The van der Waals surface area contributed by atoms with Crippen molar-refractivity contribution in [2.45, 2.75) is 85.5 Å². The number of aryl methyl sites for hydroxylation is 1. The first-order valence-corrected chi connectivity index (χ1v) is 10.8. The van der Waals surface area contributed by atoms with Gasteiger partial charge in [-0.05, 0) is 62.3 Å². The fraction of sp³-hybridized carbons (Fsp3) is 0.583. The maximum atomic E-state index is 12.6. The highest BCUT2D eigenvalue weighted by molar-refractivity contribution is 5.80. The van der Waals surface area contributed by atoms with Crippen molar-refractivity contribution < 1.29 is 9.53 Å². The molecule has 0 spiro atoms. The van der Waals surface area contributed by atoms with Crippen LogP contribution >= 0.6 is 0 Å². The van der Waals surface area contributed by atoms with Gasteiger partial charge in [0.1, 0.15) is 5.75 Å². The van der Waals surface area contributed by atoms with Gasteiger partial charge in [-0.25, -0.2) is 4.68 Å². The maximum absolute atomic E-state index is 12.6. The second kappa shape index (κ2) is 11.0. The first-order chi connectivity index (χ1) is 13.5. The van der Waals surface area contributed by atoms with Crippen molar-refractivity contribution in [2.24, 2.45) is 0 Å². The quantitative estimate of drug-likeness (QED) is 0.430. The van der Waals surface area contributed by atoms with Crippen LogP contribution in [-0.2, 0) is 6.42 Å². The molecule has 28 heavy (non-hydrogen) atoms. The number of benzene rings is 1. The molecule has 0 amide bonds. The van der Waals surface area contributed by atoms with E-state index in [1.165, 1.54) is 41.5 Å². The monoisotopic (exact) mass is 384 g/mol. The van der Waals surface area contributed by atoms with Crippen molar-refractivity contribution in [3.05, 3.63) is 46.8 Å². The molecule has 0 aliphatic carbocycles. The Kier molecular flexibility index (Phi) is 8.75. The van der Waals surface area contributed by atoms with E-state index >= 15 is 0 Å². The van der Waals surface area contributed by atoms with E-state index < -0.39 is 0 Å². The largest absolute Gasteiger partial charge is 0.484 e. The Morgan fingerprint density at radius 3 is 2.39 bits per heavy atom. The molecular formula is C24H36N2O2. The van der Waals surface area contributed by atoms with Gasteiger partial charge in [-0.15, -0.1) is 0 Å². The summed E-state index contributed by atoms with van der Waals surface area (Å²) in [6, 6.07) is 8.04. The lowest BCUT2D eigenvalue weighted by molar-refractivity contribution is 0.0818. The highest BCUT2D eigenvalue weighted by atomic mass is 16.5. The summed E-state index contributed by atoms with van der Waals surface area (Å²) in [5.41, 5.74) is 4.42. The summed E-state index contributed by atoms with van der Waals surface area (Å²) in [5, 5.41) is 4.47. The standard InChI is InChI=1S/C24H36N2O2/c1-6-8-9-10-11-12-23-19(4)25-26(20(23)5)24(27)17-28-22-15-13-21(14-16-22)18(3)7-2/h13-16,18H,6-12,17H2,1-5H3. The van der Waals surface area contributed by atoms with Gasteiger partial charge in [0.05, 0.1) is 5.69 Å². The highest BCUT2D eigenvalue weighted by Gasteiger charge is 2.17. The molecule has 4 nitrogen and oxygen atoms in total. The molecule has 0 bridgehead atoms. The highest BCUT2D eigenvalue weighted by Crippen LogP contribution is 2.22. The van der Waals surface area contributed by atoms with E-state index in [0.29, 0.717) is 5.92 Å². The number of nitrogens with zero attached hydrogens (tertiary/aromatic N) is 2. The number of rotatable bonds is 11. The van der Waals surface area contributed by atoms with E-state index in [1.807, 2.05) is 26.0 Å². The molecule has 2 rings (SSSR count). The molecule has 0 saturated carbocycles. The fourth-order valence-electron chi connectivity index (χ4n) is 3.52. The Hall–Kier alpha value is -2.10. The minimum absolute atomic E-state index is 0.000573. The third-order valence-electron chi connectivity index (χ3n) is 5.63. The molecule has 0 radical (unpaired) electrons. The van der Waals surface area contributed by atoms with Crippen LogP contribution in [0.3, 0.4) is 0 Å². The second-order valence-corrected chi connectivity index (χ2v) is 7.79. The Labute approximate surface area is 170 Å². The van der Waals surface area contributed by atoms with Crippen LogP contribution in [0.5, 0.6) is 5.75 Å². The van der Waals surface area contributed by atoms with Crippen LogP contribution in [0.15, 0.2) is 24.3 Å². The lowest BCUT2D eigenvalue weighted by Gasteiger charge is -2.11. The average Bonchev–Trinajstić information content (AvgIpc) is 2.99. The van der Waals surface area contributed by atoms with E-state index in [2.05, 4.69) is 38.0 Å². The minimum atomic E-state index is -0.121. The molecule has 1 atom stereocenters. The van der Waals surface area contributed by atoms with Gasteiger partial charge >= 0.3 is 0 Å². The molecule has 1 aromatic heterocycles. The molecule has 154 valence electrons. The minimum Gasteiger partial charge on any atom is -0.484 e. The Bertz CT molecular complexity index is 747. The first kappa shape index (κ1) is 22.2. The molecule has 2 aromatic rings. The van der Waals surface area contributed by atoms with Crippen LogP contribution in [0.25, 0.3) is 0 Å². The Morgan fingerprint density at radius 2 is 1.75 bits per heavy atom. The normalized spacial score (nSPS) is 12.2. The summed E-state index contributed by atoms with van der Waals surface area (Å²) in [6.45, 7) is 10.6. The number of carbonyl (C=O) groups is 1. The van der Waals surface area contributed by atoms with Gasteiger partial charge in [-0.1, -0.05) is 58.6 Å². The Balaban J connectivity index is 1.92. The molecule has 0 aliphatic rings. The van der Waals surface area contributed by atoms with Crippen molar-refractivity contribution in [3.8, 4) is 5.75 Å². The van der Waals surface area contributed by atoms with Crippen LogP contribution in [0.2, 0.25) is 0 Å². The van der Waals surface area contributed by atoms with E-state index in [-0.39, 0.29) is 12.5 Å². The van der Waals surface area contributed by atoms with E-state index in [9.17, 15) is 4.79 Å². The van der Waals surface area contributed by atoms with Crippen LogP contribution in [0, 0.1) is 13.8 Å². The molecule has 0 saturated heterocycles. The van der Waals surface area contributed by atoms with Crippen molar-refractivity contribution in [3.63, 3.8) is 0 Å². The molecule has 4 heteroatoms. The van der Waals surface area contributed by atoms with Gasteiger partial charge in [0.2, 0.25) is 0 Å². The van der Waals surface area contributed by atoms with E-state index in [1.54, 1.807) is 0 Å². The number of hydrogen-bond acceptors (Lipinski definition) is 3. The molecule has 0 N–H and O–H groups in total. The molecule has 0 aliphatic heterocycles. The van der Waals surface area contributed by atoms with Crippen molar-refractivity contribution in [2.75, 3.05) is 6.61 Å². The van der Waals surface area contributed by atoms with E-state index in [0.717, 1.165) is 36.4 Å².